The molecule has 5 nitrogen and oxygen atoms in total. The Kier molecular flexibility index (Phi) is 4.31. The molecule has 1 amide bonds. The van der Waals surface area contributed by atoms with Crippen LogP contribution in [0.15, 0.2) is 30.5 Å². The number of aryl methyl sites for hydroxylation is 1. The zero-order valence-corrected chi connectivity index (χ0v) is 12.3. The van der Waals surface area contributed by atoms with Gasteiger partial charge in [-0.2, -0.15) is 0 Å². The van der Waals surface area contributed by atoms with E-state index in [1.54, 1.807) is 6.92 Å². The van der Waals surface area contributed by atoms with E-state index >= 15 is 0 Å². The summed E-state index contributed by atoms with van der Waals surface area (Å²) in [5.74, 6) is -1.25. The molecule has 1 heterocycles. The number of carboxylic acids is 1. The summed E-state index contributed by atoms with van der Waals surface area (Å²) in [5.41, 5.74) is 0.906. The summed E-state index contributed by atoms with van der Waals surface area (Å²) in [7, 11) is 0. The SMILES string of the molecule is CCC(C)(NC(=O)CCc1c[nH]c2ccccc12)C(=O)O. The van der Waals surface area contributed by atoms with Crippen LogP contribution in [-0.4, -0.2) is 27.5 Å². The van der Waals surface area contributed by atoms with Gasteiger partial charge in [0, 0.05) is 23.5 Å². The fourth-order valence-electron chi connectivity index (χ4n) is 2.25. The molecule has 1 aromatic carbocycles. The first-order valence-electron chi connectivity index (χ1n) is 7.05. The number of hydrogen-bond donors (Lipinski definition) is 3. The highest BCUT2D eigenvalue weighted by Crippen LogP contribution is 2.19. The number of carbonyl (C=O) groups is 2. The van der Waals surface area contributed by atoms with E-state index in [9.17, 15) is 9.59 Å². The van der Waals surface area contributed by atoms with Gasteiger partial charge in [0.1, 0.15) is 5.54 Å². The predicted octanol–water partition coefficient (Wildman–Crippen LogP) is 2.47. The van der Waals surface area contributed by atoms with E-state index < -0.39 is 11.5 Å². The van der Waals surface area contributed by atoms with E-state index in [2.05, 4.69) is 10.3 Å². The molecule has 2 aromatic rings. The number of fused-ring (bicyclic) bond motifs is 1. The third kappa shape index (κ3) is 3.24. The number of aromatic nitrogens is 1. The Balaban J connectivity index is 2.00. The lowest BCUT2D eigenvalue weighted by Gasteiger charge is -2.24. The molecular weight excluding hydrogens is 268 g/mol. The summed E-state index contributed by atoms with van der Waals surface area (Å²) in [6.45, 7) is 3.27. The highest BCUT2D eigenvalue weighted by atomic mass is 16.4. The van der Waals surface area contributed by atoms with Crippen LogP contribution < -0.4 is 5.32 Å². The van der Waals surface area contributed by atoms with Gasteiger partial charge in [-0.1, -0.05) is 25.1 Å². The van der Waals surface area contributed by atoms with Crippen molar-refractivity contribution < 1.29 is 14.7 Å². The van der Waals surface area contributed by atoms with Crippen molar-refractivity contribution in [1.29, 1.82) is 0 Å². The molecule has 0 bridgehead atoms. The van der Waals surface area contributed by atoms with E-state index in [1.807, 2.05) is 30.5 Å². The maximum Gasteiger partial charge on any atom is 0.329 e. The van der Waals surface area contributed by atoms with Gasteiger partial charge >= 0.3 is 5.97 Å². The molecule has 0 fully saturated rings. The van der Waals surface area contributed by atoms with E-state index in [-0.39, 0.29) is 12.3 Å². The van der Waals surface area contributed by atoms with E-state index in [4.69, 9.17) is 5.11 Å². The van der Waals surface area contributed by atoms with Crippen molar-refractivity contribution >= 4 is 22.8 Å². The largest absolute Gasteiger partial charge is 0.480 e. The standard InChI is InChI=1S/C16H20N2O3/c1-3-16(2,15(20)21)18-14(19)9-8-11-10-17-13-7-5-4-6-12(11)13/h4-7,10,17H,3,8-9H2,1-2H3,(H,18,19)(H,20,21). The molecule has 2 rings (SSSR count). The van der Waals surface area contributed by atoms with Crippen molar-refractivity contribution in [2.45, 2.75) is 38.6 Å². The van der Waals surface area contributed by atoms with Gasteiger partial charge in [0.15, 0.2) is 0 Å². The summed E-state index contributed by atoms with van der Waals surface area (Å²) in [5, 5.41) is 12.9. The quantitative estimate of drug-likeness (QED) is 0.763. The predicted molar refractivity (Wildman–Crippen MR) is 81.1 cm³/mol. The molecule has 3 N–H and O–H groups in total. The Morgan fingerprint density at radius 3 is 2.71 bits per heavy atom. The van der Waals surface area contributed by atoms with Crippen molar-refractivity contribution in [2.75, 3.05) is 0 Å². The molecule has 0 spiro atoms. The number of H-pyrrole nitrogens is 1. The zero-order chi connectivity index (χ0) is 15.5. The summed E-state index contributed by atoms with van der Waals surface area (Å²) < 4.78 is 0. The summed E-state index contributed by atoms with van der Waals surface area (Å²) in [6.07, 6.45) is 3.09. The molecule has 0 aliphatic rings. The lowest BCUT2D eigenvalue weighted by atomic mass is 9.98. The number of aliphatic carboxylic acids is 1. The second-order valence-corrected chi connectivity index (χ2v) is 5.40. The van der Waals surface area contributed by atoms with Crippen LogP contribution in [0.25, 0.3) is 10.9 Å². The smallest absolute Gasteiger partial charge is 0.329 e. The van der Waals surface area contributed by atoms with Gasteiger partial charge < -0.3 is 15.4 Å². The third-order valence-corrected chi connectivity index (χ3v) is 3.89. The average Bonchev–Trinajstić information content (AvgIpc) is 2.88. The molecule has 0 saturated heterocycles. The van der Waals surface area contributed by atoms with Crippen molar-refractivity contribution in [2.24, 2.45) is 0 Å². The number of para-hydroxylation sites is 1. The Morgan fingerprint density at radius 2 is 2.05 bits per heavy atom. The van der Waals surface area contributed by atoms with Gasteiger partial charge in [0.05, 0.1) is 0 Å². The molecule has 5 heteroatoms. The fourth-order valence-corrected chi connectivity index (χ4v) is 2.25. The highest BCUT2D eigenvalue weighted by Gasteiger charge is 2.32. The number of hydrogen-bond acceptors (Lipinski definition) is 2. The van der Waals surface area contributed by atoms with Crippen LogP contribution in [0.3, 0.4) is 0 Å². The Morgan fingerprint density at radius 1 is 1.33 bits per heavy atom. The number of nitrogens with one attached hydrogen (secondary N) is 2. The molecule has 1 atom stereocenters. The molecule has 112 valence electrons. The molecule has 0 aliphatic heterocycles. The van der Waals surface area contributed by atoms with Crippen molar-refractivity contribution in [3.05, 3.63) is 36.0 Å². The molecule has 0 aliphatic carbocycles. The maximum absolute atomic E-state index is 12.0. The Hall–Kier alpha value is -2.30. The molecular formula is C16H20N2O3. The van der Waals surface area contributed by atoms with Crippen LogP contribution in [0.1, 0.15) is 32.3 Å². The fraction of sp³-hybridized carbons (Fsp3) is 0.375. The van der Waals surface area contributed by atoms with Crippen LogP contribution >= 0.6 is 0 Å². The van der Waals surface area contributed by atoms with Gasteiger partial charge in [0.25, 0.3) is 0 Å². The summed E-state index contributed by atoms with van der Waals surface area (Å²) in [6, 6.07) is 7.90. The summed E-state index contributed by atoms with van der Waals surface area (Å²) >= 11 is 0. The number of aromatic amines is 1. The number of rotatable bonds is 6. The van der Waals surface area contributed by atoms with Crippen LogP contribution in [0.2, 0.25) is 0 Å². The molecule has 21 heavy (non-hydrogen) atoms. The first kappa shape index (κ1) is 15.1. The summed E-state index contributed by atoms with van der Waals surface area (Å²) in [4.78, 5) is 26.3. The minimum atomic E-state index is -1.20. The minimum Gasteiger partial charge on any atom is -0.480 e. The van der Waals surface area contributed by atoms with Gasteiger partial charge in [-0.15, -0.1) is 0 Å². The molecule has 0 saturated carbocycles. The van der Waals surface area contributed by atoms with Crippen molar-refractivity contribution in [1.82, 2.24) is 10.3 Å². The Bertz CT molecular complexity index is 662. The number of carboxylic acid groups (broad SMARTS) is 1. The zero-order valence-electron chi connectivity index (χ0n) is 12.3. The van der Waals surface area contributed by atoms with Crippen LogP contribution in [0, 0.1) is 0 Å². The molecule has 0 radical (unpaired) electrons. The van der Waals surface area contributed by atoms with Gasteiger partial charge in [-0.3, -0.25) is 4.79 Å². The lowest BCUT2D eigenvalue weighted by Crippen LogP contribution is -2.51. The molecule has 1 unspecified atom stereocenters. The minimum absolute atomic E-state index is 0.243. The molecule has 1 aromatic heterocycles. The van der Waals surface area contributed by atoms with E-state index in [1.165, 1.54) is 6.92 Å². The van der Waals surface area contributed by atoms with Gasteiger partial charge in [0.2, 0.25) is 5.91 Å². The Labute approximate surface area is 123 Å². The second-order valence-electron chi connectivity index (χ2n) is 5.40. The van der Waals surface area contributed by atoms with Crippen LogP contribution in [-0.2, 0) is 16.0 Å². The normalized spacial score (nSPS) is 13.8. The number of carbonyl (C=O) groups excluding carboxylic acids is 1. The van der Waals surface area contributed by atoms with Gasteiger partial charge in [-0.05, 0) is 31.4 Å². The lowest BCUT2D eigenvalue weighted by molar-refractivity contribution is -0.147. The average molecular weight is 288 g/mol. The highest BCUT2D eigenvalue weighted by molar-refractivity contribution is 5.87. The van der Waals surface area contributed by atoms with E-state index in [0.29, 0.717) is 12.8 Å². The van der Waals surface area contributed by atoms with Crippen LogP contribution in [0.4, 0.5) is 0 Å². The van der Waals surface area contributed by atoms with Crippen molar-refractivity contribution in [3.63, 3.8) is 0 Å². The first-order valence-corrected chi connectivity index (χ1v) is 7.05. The first-order chi connectivity index (χ1) is 9.96. The van der Waals surface area contributed by atoms with Crippen LogP contribution in [0.5, 0.6) is 0 Å². The third-order valence-electron chi connectivity index (χ3n) is 3.89. The van der Waals surface area contributed by atoms with Crippen molar-refractivity contribution in [3.8, 4) is 0 Å². The monoisotopic (exact) mass is 288 g/mol. The maximum atomic E-state index is 12.0. The second kappa shape index (κ2) is 5.99. The van der Waals surface area contributed by atoms with Gasteiger partial charge in [-0.25, -0.2) is 4.79 Å². The number of amides is 1. The topological polar surface area (TPSA) is 82.2 Å². The van der Waals surface area contributed by atoms with E-state index in [0.717, 1.165) is 16.5 Å². The number of benzene rings is 1.